The molecule has 25 heavy (non-hydrogen) atoms. The van der Waals surface area contributed by atoms with Gasteiger partial charge in [-0.15, -0.1) is 0 Å². The Hall–Kier alpha value is -3.46. The molecule has 0 aliphatic rings. The molecule has 2 rings (SSSR count). The van der Waals surface area contributed by atoms with Gasteiger partial charge in [0.15, 0.2) is 0 Å². The smallest absolute Gasteiger partial charge is 0.267 e. The molecule has 2 aromatic rings. The van der Waals surface area contributed by atoms with E-state index in [2.05, 4.69) is 10.6 Å². The van der Waals surface area contributed by atoms with E-state index >= 15 is 0 Å². The topological polar surface area (TPSA) is 83.4 Å². The SMILES string of the molecule is CCOc1ccc(NC(=O)/C(C#N)=C\Nc2ccccc2OC)cc1. The van der Waals surface area contributed by atoms with Crippen LogP contribution in [0.3, 0.4) is 0 Å². The Labute approximate surface area is 146 Å². The molecule has 1 amide bonds. The number of anilines is 2. The van der Waals surface area contributed by atoms with Crippen molar-refractivity contribution in [1.29, 1.82) is 5.26 Å². The molecule has 0 saturated heterocycles. The fourth-order valence-electron chi connectivity index (χ4n) is 2.06. The van der Waals surface area contributed by atoms with Crippen LogP contribution in [0.5, 0.6) is 11.5 Å². The zero-order chi connectivity index (χ0) is 18.1. The molecule has 0 aliphatic heterocycles. The molecule has 0 bridgehead atoms. The molecule has 128 valence electrons. The summed E-state index contributed by atoms with van der Waals surface area (Å²) in [6, 6.07) is 16.0. The Morgan fingerprint density at radius 1 is 1.20 bits per heavy atom. The maximum absolute atomic E-state index is 12.2. The Morgan fingerprint density at radius 3 is 2.56 bits per heavy atom. The summed E-state index contributed by atoms with van der Waals surface area (Å²) in [6.45, 7) is 2.47. The molecule has 0 spiro atoms. The lowest BCUT2D eigenvalue weighted by Gasteiger charge is -2.09. The Kier molecular flexibility index (Phi) is 6.43. The molecule has 0 aliphatic carbocycles. The maximum atomic E-state index is 12.2. The molecule has 6 nitrogen and oxygen atoms in total. The van der Waals surface area contributed by atoms with Gasteiger partial charge in [-0.3, -0.25) is 4.79 Å². The number of carbonyl (C=O) groups is 1. The number of methoxy groups -OCH3 is 1. The number of rotatable bonds is 7. The number of amides is 1. The van der Waals surface area contributed by atoms with Crippen LogP contribution in [0.15, 0.2) is 60.3 Å². The number of hydrogen-bond acceptors (Lipinski definition) is 5. The van der Waals surface area contributed by atoms with Crippen LogP contribution < -0.4 is 20.1 Å². The van der Waals surface area contributed by atoms with Crippen LogP contribution in [0.2, 0.25) is 0 Å². The highest BCUT2D eigenvalue weighted by Gasteiger charge is 2.10. The minimum Gasteiger partial charge on any atom is -0.495 e. The van der Waals surface area contributed by atoms with Gasteiger partial charge in [0.2, 0.25) is 0 Å². The van der Waals surface area contributed by atoms with Gasteiger partial charge in [0.25, 0.3) is 5.91 Å². The van der Waals surface area contributed by atoms with Gasteiger partial charge < -0.3 is 20.1 Å². The van der Waals surface area contributed by atoms with E-state index in [0.29, 0.717) is 23.7 Å². The van der Waals surface area contributed by atoms with E-state index in [1.54, 1.807) is 43.5 Å². The third-order valence-corrected chi connectivity index (χ3v) is 3.27. The number of nitriles is 1. The van der Waals surface area contributed by atoms with Crippen molar-refractivity contribution in [3.8, 4) is 17.6 Å². The largest absolute Gasteiger partial charge is 0.495 e. The molecule has 2 aromatic carbocycles. The van der Waals surface area contributed by atoms with Crippen LogP contribution in [0, 0.1) is 11.3 Å². The molecule has 0 atom stereocenters. The first-order valence-corrected chi connectivity index (χ1v) is 7.72. The summed E-state index contributed by atoms with van der Waals surface area (Å²) in [4.78, 5) is 12.2. The van der Waals surface area contributed by atoms with Crippen molar-refractivity contribution < 1.29 is 14.3 Å². The molecule has 0 unspecified atom stereocenters. The van der Waals surface area contributed by atoms with Gasteiger partial charge in [-0.05, 0) is 43.3 Å². The van der Waals surface area contributed by atoms with Crippen molar-refractivity contribution in [2.75, 3.05) is 24.4 Å². The Balaban J connectivity index is 2.06. The average Bonchev–Trinajstić information content (AvgIpc) is 2.64. The van der Waals surface area contributed by atoms with Gasteiger partial charge in [-0.25, -0.2) is 0 Å². The lowest BCUT2D eigenvalue weighted by molar-refractivity contribution is -0.112. The highest BCUT2D eigenvalue weighted by atomic mass is 16.5. The van der Waals surface area contributed by atoms with Gasteiger partial charge in [0.05, 0.1) is 19.4 Å². The van der Waals surface area contributed by atoms with Crippen molar-refractivity contribution >= 4 is 17.3 Å². The maximum Gasteiger partial charge on any atom is 0.267 e. The molecular formula is C19H19N3O3. The van der Waals surface area contributed by atoms with E-state index in [-0.39, 0.29) is 5.57 Å². The predicted octanol–water partition coefficient (Wildman–Crippen LogP) is 3.55. The molecular weight excluding hydrogens is 318 g/mol. The van der Waals surface area contributed by atoms with Crippen LogP contribution >= 0.6 is 0 Å². The lowest BCUT2D eigenvalue weighted by atomic mass is 10.2. The number of ether oxygens (including phenoxy) is 2. The number of nitrogens with zero attached hydrogens (tertiary/aromatic N) is 1. The van der Waals surface area contributed by atoms with Crippen molar-refractivity contribution in [2.24, 2.45) is 0 Å². The van der Waals surface area contributed by atoms with Crippen molar-refractivity contribution in [2.45, 2.75) is 6.92 Å². The van der Waals surface area contributed by atoms with E-state index in [1.807, 2.05) is 25.1 Å². The van der Waals surface area contributed by atoms with Gasteiger partial charge in [-0.1, -0.05) is 12.1 Å². The number of hydrogen-bond donors (Lipinski definition) is 2. The normalized spacial score (nSPS) is 10.5. The summed E-state index contributed by atoms with van der Waals surface area (Å²) < 4.78 is 10.6. The van der Waals surface area contributed by atoms with Crippen LogP contribution in [0.4, 0.5) is 11.4 Å². The molecule has 0 fully saturated rings. The van der Waals surface area contributed by atoms with Crippen LogP contribution in [-0.4, -0.2) is 19.6 Å². The summed E-state index contributed by atoms with van der Waals surface area (Å²) in [5.41, 5.74) is 1.18. The third-order valence-electron chi connectivity index (χ3n) is 3.27. The standard InChI is InChI=1S/C19H19N3O3/c1-3-25-16-10-8-15(9-11-16)22-19(23)14(12-20)13-21-17-6-4-5-7-18(17)24-2/h4-11,13,21H,3H2,1-2H3,(H,22,23)/b14-13-. The molecule has 2 N–H and O–H groups in total. The minimum absolute atomic E-state index is 0.0557. The van der Waals surface area contributed by atoms with E-state index in [1.165, 1.54) is 6.20 Å². The summed E-state index contributed by atoms with van der Waals surface area (Å²) in [7, 11) is 1.55. The highest BCUT2D eigenvalue weighted by molar-refractivity contribution is 6.06. The number of carbonyl (C=O) groups excluding carboxylic acids is 1. The van der Waals surface area contributed by atoms with Crippen molar-refractivity contribution in [3.63, 3.8) is 0 Å². The van der Waals surface area contributed by atoms with Gasteiger partial charge in [0.1, 0.15) is 23.1 Å². The van der Waals surface area contributed by atoms with Crippen LogP contribution in [0.25, 0.3) is 0 Å². The van der Waals surface area contributed by atoms with Crippen LogP contribution in [0.1, 0.15) is 6.92 Å². The summed E-state index contributed by atoms with van der Waals surface area (Å²) in [6.07, 6.45) is 1.35. The Morgan fingerprint density at radius 2 is 1.92 bits per heavy atom. The number of nitrogens with one attached hydrogen (secondary N) is 2. The first kappa shape index (κ1) is 17.9. The number of benzene rings is 2. The lowest BCUT2D eigenvalue weighted by Crippen LogP contribution is -2.14. The second-order valence-electron chi connectivity index (χ2n) is 4.93. The predicted molar refractivity (Wildman–Crippen MR) is 96.6 cm³/mol. The highest BCUT2D eigenvalue weighted by Crippen LogP contribution is 2.23. The van der Waals surface area contributed by atoms with E-state index in [9.17, 15) is 10.1 Å². The first-order chi connectivity index (χ1) is 12.2. The van der Waals surface area contributed by atoms with Gasteiger partial charge in [-0.2, -0.15) is 5.26 Å². The Bertz CT molecular complexity index is 792. The summed E-state index contributed by atoms with van der Waals surface area (Å²) in [5.74, 6) is 0.825. The molecule has 0 saturated carbocycles. The van der Waals surface area contributed by atoms with E-state index in [4.69, 9.17) is 9.47 Å². The van der Waals surface area contributed by atoms with Gasteiger partial charge >= 0.3 is 0 Å². The first-order valence-electron chi connectivity index (χ1n) is 7.72. The summed E-state index contributed by atoms with van der Waals surface area (Å²) >= 11 is 0. The zero-order valence-electron chi connectivity index (χ0n) is 14.1. The number of para-hydroxylation sites is 2. The molecule has 0 heterocycles. The van der Waals surface area contributed by atoms with Crippen molar-refractivity contribution in [1.82, 2.24) is 0 Å². The second kappa shape index (κ2) is 8.99. The molecule has 6 heteroatoms. The zero-order valence-corrected chi connectivity index (χ0v) is 14.1. The quantitative estimate of drug-likeness (QED) is 0.596. The monoisotopic (exact) mass is 337 g/mol. The van der Waals surface area contributed by atoms with E-state index < -0.39 is 5.91 Å². The fraction of sp³-hybridized carbons (Fsp3) is 0.158. The van der Waals surface area contributed by atoms with Gasteiger partial charge in [0, 0.05) is 11.9 Å². The third kappa shape index (κ3) is 5.01. The summed E-state index contributed by atoms with van der Waals surface area (Å²) in [5, 5.41) is 14.8. The second-order valence-corrected chi connectivity index (χ2v) is 4.93. The fourth-order valence-corrected chi connectivity index (χ4v) is 2.06. The van der Waals surface area contributed by atoms with E-state index in [0.717, 1.165) is 5.75 Å². The molecule has 0 radical (unpaired) electrons. The molecule has 0 aromatic heterocycles. The minimum atomic E-state index is -0.506. The van der Waals surface area contributed by atoms with Crippen molar-refractivity contribution in [3.05, 3.63) is 60.3 Å². The van der Waals surface area contributed by atoms with Crippen LogP contribution in [-0.2, 0) is 4.79 Å². The average molecular weight is 337 g/mol.